The van der Waals surface area contributed by atoms with E-state index in [-0.39, 0.29) is 6.10 Å². The third-order valence-electron chi connectivity index (χ3n) is 3.99. The van der Waals surface area contributed by atoms with Crippen LogP contribution in [-0.2, 0) is 0 Å². The minimum atomic E-state index is -0.00407. The molecule has 0 aliphatic heterocycles. The van der Waals surface area contributed by atoms with Gasteiger partial charge in [0.15, 0.2) is 0 Å². The van der Waals surface area contributed by atoms with Crippen molar-refractivity contribution in [1.82, 2.24) is 0 Å². The van der Waals surface area contributed by atoms with Gasteiger partial charge in [0.2, 0.25) is 0 Å². The summed E-state index contributed by atoms with van der Waals surface area (Å²) in [4.78, 5) is 0. The first-order valence-corrected chi connectivity index (χ1v) is 5.49. The zero-order valence-electron chi connectivity index (χ0n) is 8.00. The van der Waals surface area contributed by atoms with E-state index < -0.39 is 0 Å². The number of hydrogen-bond donors (Lipinski definition) is 1. The number of aliphatic hydroxyl groups is 1. The molecule has 0 spiro atoms. The lowest BCUT2D eigenvalue weighted by molar-refractivity contribution is 0.102. The maximum absolute atomic E-state index is 9.71. The molecular weight excluding hydrogens is 148 g/mol. The van der Waals surface area contributed by atoms with Crippen molar-refractivity contribution in [1.29, 1.82) is 0 Å². The number of hydrogen-bond acceptors (Lipinski definition) is 1. The smallest absolute Gasteiger partial charge is 0.0566 e. The van der Waals surface area contributed by atoms with Crippen molar-refractivity contribution in [2.45, 2.75) is 51.6 Å². The molecule has 1 heteroatoms. The van der Waals surface area contributed by atoms with E-state index >= 15 is 0 Å². The highest BCUT2D eigenvalue weighted by Gasteiger charge is 2.39. The number of rotatable bonds is 2. The third-order valence-corrected chi connectivity index (χ3v) is 3.99. The van der Waals surface area contributed by atoms with Crippen molar-refractivity contribution in [3.63, 3.8) is 0 Å². The quantitative estimate of drug-likeness (QED) is 0.672. The Hall–Kier alpha value is -0.0400. The molecule has 0 radical (unpaired) electrons. The molecule has 0 amide bonds. The monoisotopic (exact) mass is 168 g/mol. The first-order valence-electron chi connectivity index (χ1n) is 5.49. The summed E-state index contributed by atoms with van der Waals surface area (Å²) in [5.41, 5.74) is 0. The van der Waals surface area contributed by atoms with Gasteiger partial charge in [0, 0.05) is 0 Å². The lowest BCUT2D eigenvalue weighted by atomic mass is 9.96. The van der Waals surface area contributed by atoms with Crippen LogP contribution in [0.15, 0.2) is 0 Å². The second-order valence-electron chi connectivity index (χ2n) is 4.66. The molecule has 0 aromatic heterocycles. The van der Waals surface area contributed by atoms with Crippen molar-refractivity contribution in [2.24, 2.45) is 17.8 Å². The van der Waals surface area contributed by atoms with E-state index in [0.29, 0.717) is 5.92 Å². The van der Waals surface area contributed by atoms with Crippen LogP contribution in [0.4, 0.5) is 0 Å². The van der Waals surface area contributed by atoms with Gasteiger partial charge in [0.1, 0.15) is 0 Å². The van der Waals surface area contributed by atoms with Gasteiger partial charge in [-0.1, -0.05) is 26.2 Å². The van der Waals surface area contributed by atoms with Gasteiger partial charge in [-0.15, -0.1) is 0 Å². The lowest BCUT2D eigenvalue weighted by Gasteiger charge is -2.16. The summed E-state index contributed by atoms with van der Waals surface area (Å²) < 4.78 is 0. The molecule has 2 rings (SSSR count). The Balaban J connectivity index is 1.90. The van der Waals surface area contributed by atoms with E-state index in [0.717, 1.165) is 18.3 Å². The molecule has 0 aromatic rings. The molecular formula is C11H20O. The molecule has 0 saturated heterocycles. The molecule has 1 unspecified atom stereocenters. The maximum atomic E-state index is 9.71. The van der Waals surface area contributed by atoms with E-state index in [1.54, 1.807) is 0 Å². The summed E-state index contributed by atoms with van der Waals surface area (Å²) in [5, 5.41) is 9.71. The largest absolute Gasteiger partial charge is 0.393 e. The van der Waals surface area contributed by atoms with E-state index in [9.17, 15) is 5.11 Å². The summed E-state index contributed by atoms with van der Waals surface area (Å²) in [5.74, 6) is 2.61. The van der Waals surface area contributed by atoms with Crippen molar-refractivity contribution in [2.75, 3.05) is 0 Å². The zero-order chi connectivity index (χ0) is 8.55. The minimum Gasteiger partial charge on any atom is -0.393 e. The Bertz CT molecular complexity index is 143. The van der Waals surface area contributed by atoms with Gasteiger partial charge in [0.05, 0.1) is 6.10 Å². The van der Waals surface area contributed by atoms with Gasteiger partial charge in [-0.05, 0) is 37.0 Å². The van der Waals surface area contributed by atoms with Gasteiger partial charge in [-0.25, -0.2) is 0 Å². The molecule has 1 nitrogen and oxygen atoms in total. The molecule has 1 N–H and O–H groups in total. The summed E-state index contributed by atoms with van der Waals surface area (Å²) in [7, 11) is 0. The second-order valence-corrected chi connectivity index (χ2v) is 4.66. The van der Waals surface area contributed by atoms with Crippen LogP contribution in [-0.4, -0.2) is 11.2 Å². The van der Waals surface area contributed by atoms with Crippen molar-refractivity contribution in [3.8, 4) is 0 Å². The highest BCUT2D eigenvalue weighted by molar-refractivity contribution is 4.89. The molecule has 70 valence electrons. The van der Waals surface area contributed by atoms with E-state index in [2.05, 4.69) is 6.92 Å². The Morgan fingerprint density at radius 1 is 1.25 bits per heavy atom. The number of fused-ring (bicyclic) bond motifs is 1. The fraction of sp³-hybridized carbons (Fsp3) is 1.00. The normalized spacial score (nSPS) is 43.0. The highest BCUT2D eigenvalue weighted by Crippen LogP contribution is 2.47. The van der Waals surface area contributed by atoms with E-state index in [4.69, 9.17) is 0 Å². The van der Waals surface area contributed by atoms with Crippen LogP contribution in [0.1, 0.15) is 45.4 Å². The van der Waals surface area contributed by atoms with Gasteiger partial charge in [-0.3, -0.25) is 0 Å². The molecule has 2 fully saturated rings. The van der Waals surface area contributed by atoms with Crippen LogP contribution in [0.3, 0.4) is 0 Å². The predicted octanol–water partition coefficient (Wildman–Crippen LogP) is 2.58. The van der Waals surface area contributed by atoms with Crippen LogP contribution in [0.25, 0.3) is 0 Å². The maximum Gasteiger partial charge on any atom is 0.0566 e. The highest BCUT2D eigenvalue weighted by atomic mass is 16.3. The van der Waals surface area contributed by atoms with Crippen LogP contribution in [0.2, 0.25) is 0 Å². The average molecular weight is 168 g/mol. The van der Waals surface area contributed by atoms with E-state index in [1.165, 1.54) is 32.1 Å². The van der Waals surface area contributed by atoms with Gasteiger partial charge >= 0.3 is 0 Å². The molecule has 2 aliphatic rings. The minimum absolute atomic E-state index is 0.00407. The molecule has 2 aliphatic carbocycles. The summed E-state index contributed by atoms with van der Waals surface area (Å²) >= 11 is 0. The van der Waals surface area contributed by atoms with Crippen LogP contribution in [0, 0.1) is 17.8 Å². The molecule has 0 bridgehead atoms. The van der Waals surface area contributed by atoms with Crippen LogP contribution in [0.5, 0.6) is 0 Å². The fourth-order valence-electron chi connectivity index (χ4n) is 3.26. The molecule has 0 aromatic carbocycles. The van der Waals surface area contributed by atoms with Gasteiger partial charge < -0.3 is 5.11 Å². The average Bonchev–Trinajstić information content (AvgIpc) is 2.60. The third kappa shape index (κ3) is 1.39. The SMILES string of the molecule is CC[C@@H](O)C1C[C@H]2CCC[C@H]2C1. The standard InChI is InChI=1S/C11H20O/c1-2-11(12)10-6-8-4-3-5-9(8)7-10/h8-12H,2-7H2,1H3/t8-,9+,10?,11-/m1/s1. The summed E-state index contributed by atoms with van der Waals surface area (Å²) in [6, 6.07) is 0. The Morgan fingerprint density at radius 2 is 1.83 bits per heavy atom. The van der Waals surface area contributed by atoms with Crippen molar-refractivity contribution < 1.29 is 5.11 Å². The topological polar surface area (TPSA) is 20.2 Å². The molecule has 0 heterocycles. The molecule has 4 atom stereocenters. The first-order chi connectivity index (χ1) is 5.81. The lowest BCUT2D eigenvalue weighted by Crippen LogP contribution is -2.16. The Kier molecular flexibility index (Phi) is 2.40. The second kappa shape index (κ2) is 3.37. The van der Waals surface area contributed by atoms with Crippen LogP contribution >= 0.6 is 0 Å². The molecule has 2 saturated carbocycles. The summed E-state index contributed by atoms with van der Waals surface area (Å²) in [6.07, 6.45) is 7.92. The number of aliphatic hydroxyl groups excluding tert-OH is 1. The molecule has 12 heavy (non-hydrogen) atoms. The first kappa shape index (κ1) is 8.55. The van der Waals surface area contributed by atoms with Gasteiger partial charge in [-0.2, -0.15) is 0 Å². The zero-order valence-corrected chi connectivity index (χ0v) is 8.00. The van der Waals surface area contributed by atoms with Crippen LogP contribution < -0.4 is 0 Å². The Morgan fingerprint density at radius 3 is 2.33 bits per heavy atom. The predicted molar refractivity (Wildman–Crippen MR) is 49.9 cm³/mol. The summed E-state index contributed by atoms with van der Waals surface area (Å²) in [6.45, 7) is 2.10. The van der Waals surface area contributed by atoms with Crippen molar-refractivity contribution >= 4 is 0 Å². The van der Waals surface area contributed by atoms with Gasteiger partial charge in [0.25, 0.3) is 0 Å². The van der Waals surface area contributed by atoms with Crippen molar-refractivity contribution in [3.05, 3.63) is 0 Å². The van der Waals surface area contributed by atoms with E-state index in [1.807, 2.05) is 0 Å². The fourth-order valence-corrected chi connectivity index (χ4v) is 3.26. The Labute approximate surface area is 75.2 Å².